The molecule has 140 valence electrons. The van der Waals surface area contributed by atoms with Crippen LogP contribution in [0.15, 0.2) is 53.4 Å². The number of rotatable bonds is 7. The fourth-order valence-electron chi connectivity index (χ4n) is 3.32. The highest BCUT2D eigenvalue weighted by Gasteiger charge is 2.27. The van der Waals surface area contributed by atoms with E-state index in [-0.39, 0.29) is 17.5 Å². The van der Waals surface area contributed by atoms with Crippen LogP contribution < -0.4 is 9.46 Å². The average molecular weight is 378 g/mol. The number of sulfonamides is 1. The molecule has 1 N–H and O–H groups in total. The van der Waals surface area contributed by atoms with Gasteiger partial charge in [-0.1, -0.05) is 18.2 Å². The molecule has 0 radical (unpaired) electrons. The van der Waals surface area contributed by atoms with Gasteiger partial charge in [-0.05, 0) is 56.3 Å². The molecule has 2 aromatic carbocycles. The predicted octanol–water partition coefficient (Wildman–Crippen LogP) is 2.95. The first kappa shape index (κ1) is 18.8. The van der Waals surface area contributed by atoms with Crippen molar-refractivity contribution >= 4 is 10.0 Å². The molecule has 0 spiro atoms. The second-order valence-corrected chi connectivity index (χ2v) is 8.07. The minimum Gasteiger partial charge on any atom is -0.496 e. The molecule has 2 aromatic rings. The van der Waals surface area contributed by atoms with E-state index < -0.39 is 15.8 Å². The molecule has 5 nitrogen and oxygen atoms in total. The number of halogens is 1. The Labute approximate surface area is 153 Å². The van der Waals surface area contributed by atoms with Gasteiger partial charge in [0.15, 0.2) is 0 Å². The van der Waals surface area contributed by atoms with Crippen molar-refractivity contribution in [2.24, 2.45) is 0 Å². The van der Waals surface area contributed by atoms with Crippen LogP contribution >= 0.6 is 0 Å². The van der Waals surface area contributed by atoms with Crippen molar-refractivity contribution in [2.75, 3.05) is 26.7 Å². The van der Waals surface area contributed by atoms with Crippen molar-refractivity contribution in [1.82, 2.24) is 9.62 Å². The average Bonchev–Trinajstić information content (AvgIpc) is 3.17. The molecule has 0 aliphatic carbocycles. The van der Waals surface area contributed by atoms with Gasteiger partial charge in [0.05, 0.1) is 18.0 Å². The molecule has 26 heavy (non-hydrogen) atoms. The van der Waals surface area contributed by atoms with E-state index in [4.69, 9.17) is 4.74 Å². The van der Waals surface area contributed by atoms with Crippen LogP contribution in [-0.4, -0.2) is 40.1 Å². The maximum atomic E-state index is 13.1. The fraction of sp³-hybridized carbons (Fsp3) is 0.368. The second kappa shape index (κ2) is 8.16. The molecule has 0 unspecified atom stereocenters. The second-order valence-electron chi connectivity index (χ2n) is 6.31. The summed E-state index contributed by atoms with van der Waals surface area (Å²) in [6.45, 7) is 2.06. The molecule has 0 aromatic heterocycles. The topological polar surface area (TPSA) is 58.6 Å². The number of para-hydroxylation sites is 1. The summed E-state index contributed by atoms with van der Waals surface area (Å²) in [7, 11) is -2.10. The summed E-state index contributed by atoms with van der Waals surface area (Å²) in [6.07, 6.45) is 2.19. The normalized spacial score (nSPS) is 16.5. The summed E-state index contributed by atoms with van der Waals surface area (Å²) in [5, 5.41) is 0. The Morgan fingerprint density at radius 3 is 2.42 bits per heavy atom. The van der Waals surface area contributed by atoms with E-state index >= 15 is 0 Å². The van der Waals surface area contributed by atoms with Gasteiger partial charge in [-0.3, -0.25) is 4.90 Å². The third-order valence-electron chi connectivity index (χ3n) is 4.67. The molecule has 1 aliphatic rings. The van der Waals surface area contributed by atoms with Crippen LogP contribution in [0.3, 0.4) is 0 Å². The number of ether oxygens (including phenoxy) is 1. The van der Waals surface area contributed by atoms with Crippen LogP contribution in [0.1, 0.15) is 24.4 Å². The van der Waals surface area contributed by atoms with E-state index in [1.165, 1.54) is 12.1 Å². The zero-order valence-corrected chi connectivity index (χ0v) is 15.5. The number of likely N-dealkylation sites (tertiary alicyclic amines) is 1. The van der Waals surface area contributed by atoms with Crippen LogP contribution in [0.4, 0.5) is 4.39 Å². The molecule has 7 heteroatoms. The lowest BCUT2D eigenvalue weighted by molar-refractivity contribution is 0.240. The monoisotopic (exact) mass is 378 g/mol. The highest BCUT2D eigenvalue weighted by molar-refractivity contribution is 7.89. The van der Waals surface area contributed by atoms with Crippen molar-refractivity contribution in [2.45, 2.75) is 23.8 Å². The summed E-state index contributed by atoms with van der Waals surface area (Å²) >= 11 is 0. The molecule has 1 fully saturated rings. The summed E-state index contributed by atoms with van der Waals surface area (Å²) < 4.78 is 46.3. The Hall–Kier alpha value is -1.96. The molecule has 0 amide bonds. The minimum absolute atomic E-state index is 0.0547. The zero-order chi connectivity index (χ0) is 18.6. The highest BCUT2D eigenvalue weighted by atomic mass is 32.2. The van der Waals surface area contributed by atoms with Gasteiger partial charge in [-0.25, -0.2) is 17.5 Å². The van der Waals surface area contributed by atoms with Crippen molar-refractivity contribution in [1.29, 1.82) is 0 Å². The van der Waals surface area contributed by atoms with Crippen molar-refractivity contribution < 1.29 is 17.5 Å². The number of hydrogen-bond acceptors (Lipinski definition) is 4. The van der Waals surface area contributed by atoms with Gasteiger partial charge in [-0.2, -0.15) is 0 Å². The summed E-state index contributed by atoms with van der Waals surface area (Å²) in [4.78, 5) is 2.32. The van der Waals surface area contributed by atoms with Crippen molar-refractivity contribution in [3.8, 4) is 5.75 Å². The maximum Gasteiger partial charge on any atom is 0.240 e. The molecule has 3 rings (SSSR count). The number of hydrogen-bond donors (Lipinski definition) is 1. The Bertz CT molecular complexity index is 834. The number of nitrogens with one attached hydrogen (secondary N) is 1. The van der Waals surface area contributed by atoms with E-state index in [0.29, 0.717) is 0 Å². The van der Waals surface area contributed by atoms with Gasteiger partial charge >= 0.3 is 0 Å². The molecule has 1 saturated heterocycles. The molecule has 0 saturated carbocycles. The first-order valence-corrected chi connectivity index (χ1v) is 10.1. The van der Waals surface area contributed by atoms with Crippen LogP contribution in [0.25, 0.3) is 0 Å². The molecule has 1 aliphatic heterocycles. The van der Waals surface area contributed by atoms with Crippen LogP contribution in [-0.2, 0) is 10.0 Å². The van der Waals surface area contributed by atoms with E-state index in [1.54, 1.807) is 7.11 Å². The SMILES string of the molecule is COc1ccccc1[C@@H](CNS(=O)(=O)c1ccc(F)cc1)N1CCCC1. The molecular formula is C19H23FN2O3S. The van der Waals surface area contributed by atoms with Gasteiger partial charge in [0.25, 0.3) is 0 Å². The Morgan fingerprint density at radius 1 is 1.12 bits per heavy atom. The van der Waals surface area contributed by atoms with Gasteiger partial charge in [0.1, 0.15) is 11.6 Å². The van der Waals surface area contributed by atoms with Crippen LogP contribution in [0.5, 0.6) is 5.75 Å². The predicted molar refractivity (Wildman–Crippen MR) is 98.1 cm³/mol. The fourth-order valence-corrected chi connectivity index (χ4v) is 4.35. The smallest absolute Gasteiger partial charge is 0.240 e. The Morgan fingerprint density at radius 2 is 1.77 bits per heavy atom. The maximum absolute atomic E-state index is 13.1. The van der Waals surface area contributed by atoms with E-state index in [9.17, 15) is 12.8 Å². The first-order chi connectivity index (χ1) is 12.5. The Kier molecular flexibility index (Phi) is 5.90. The van der Waals surface area contributed by atoms with Crippen LogP contribution in [0, 0.1) is 5.82 Å². The first-order valence-electron chi connectivity index (χ1n) is 8.63. The third kappa shape index (κ3) is 4.23. The largest absolute Gasteiger partial charge is 0.496 e. The van der Waals surface area contributed by atoms with E-state index in [1.807, 2.05) is 24.3 Å². The lowest BCUT2D eigenvalue weighted by Gasteiger charge is -2.29. The van der Waals surface area contributed by atoms with Crippen LogP contribution in [0.2, 0.25) is 0 Å². The summed E-state index contributed by atoms with van der Waals surface area (Å²) in [5.41, 5.74) is 0.957. The summed E-state index contributed by atoms with van der Waals surface area (Å²) in [5.74, 6) is 0.276. The van der Waals surface area contributed by atoms with Gasteiger partial charge in [0, 0.05) is 12.1 Å². The highest BCUT2D eigenvalue weighted by Crippen LogP contribution is 2.31. The van der Waals surface area contributed by atoms with Crippen molar-refractivity contribution in [3.05, 3.63) is 59.9 Å². The third-order valence-corrected chi connectivity index (χ3v) is 6.11. The van der Waals surface area contributed by atoms with Gasteiger partial charge in [0.2, 0.25) is 10.0 Å². The number of methoxy groups -OCH3 is 1. The molecule has 0 bridgehead atoms. The lowest BCUT2D eigenvalue weighted by Crippen LogP contribution is -2.37. The quantitative estimate of drug-likeness (QED) is 0.805. The van der Waals surface area contributed by atoms with Gasteiger partial charge in [-0.15, -0.1) is 0 Å². The minimum atomic E-state index is -3.71. The zero-order valence-electron chi connectivity index (χ0n) is 14.7. The molecule has 1 atom stereocenters. The van der Waals surface area contributed by atoms with Gasteiger partial charge < -0.3 is 4.74 Å². The van der Waals surface area contributed by atoms with E-state index in [0.717, 1.165) is 49.4 Å². The molecular weight excluding hydrogens is 355 g/mol. The number of nitrogens with zero attached hydrogens (tertiary/aromatic N) is 1. The summed E-state index contributed by atoms with van der Waals surface area (Å²) in [6, 6.07) is 12.4. The Balaban J connectivity index is 1.83. The molecule has 1 heterocycles. The van der Waals surface area contributed by atoms with Crippen molar-refractivity contribution in [3.63, 3.8) is 0 Å². The standard InChI is InChI=1S/C19H23FN2O3S/c1-25-19-7-3-2-6-17(19)18(22-12-4-5-13-22)14-21-26(23,24)16-10-8-15(20)9-11-16/h2-3,6-11,18,21H,4-5,12-14H2,1H3/t18-/m1/s1. The van der Waals surface area contributed by atoms with E-state index in [2.05, 4.69) is 9.62 Å². The lowest BCUT2D eigenvalue weighted by atomic mass is 10.0. The number of benzene rings is 2.